The van der Waals surface area contributed by atoms with E-state index in [0.29, 0.717) is 0 Å². The Kier molecular flexibility index (Phi) is 3.66. The molecule has 19 heavy (non-hydrogen) atoms. The third kappa shape index (κ3) is 2.96. The molecule has 0 aliphatic heterocycles. The molecule has 0 bridgehead atoms. The molecule has 0 aliphatic carbocycles. The number of rotatable bonds is 3. The van der Waals surface area contributed by atoms with Gasteiger partial charge in [-0.1, -0.05) is 11.6 Å². The van der Waals surface area contributed by atoms with Gasteiger partial charge in [0.2, 0.25) is 0 Å². The molecule has 0 radical (unpaired) electrons. The lowest BCUT2D eigenvalue weighted by Crippen LogP contribution is -2.15. The molecule has 0 aliphatic rings. The predicted octanol–water partition coefficient (Wildman–Crippen LogP) is 2.63. The number of aryl methyl sites for hydroxylation is 1. The topological polar surface area (TPSA) is 85.1 Å². The van der Waals surface area contributed by atoms with Crippen LogP contribution in [0.3, 0.4) is 0 Å². The standard InChI is InChI=1S/C10H9ClFN3O2S2/c1-5-4-14-10(18-5)15-19(16,17)8-3-6(11)2-7(13)9(8)12/h2-4H,13H2,1H3,(H,14,15). The quantitative estimate of drug-likeness (QED) is 0.851. The molecule has 1 aromatic heterocycles. The highest BCUT2D eigenvalue weighted by Gasteiger charge is 2.23. The van der Waals surface area contributed by atoms with E-state index in [2.05, 4.69) is 9.71 Å². The Morgan fingerprint density at radius 1 is 1.47 bits per heavy atom. The first kappa shape index (κ1) is 14.0. The Morgan fingerprint density at radius 2 is 2.16 bits per heavy atom. The zero-order valence-electron chi connectivity index (χ0n) is 9.65. The van der Waals surface area contributed by atoms with Crippen LogP contribution in [0.5, 0.6) is 0 Å². The van der Waals surface area contributed by atoms with Crippen LogP contribution in [0, 0.1) is 12.7 Å². The Morgan fingerprint density at radius 3 is 2.74 bits per heavy atom. The lowest BCUT2D eigenvalue weighted by atomic mass is 10.3. The van der Waals surface area contributed by atoms with E-state index in [0.717, 1.165) is 28.3 Å². The van der Waals surface area contributed by atoms with E-state index in [1.54, 1.807) is 6.92 Å². The normalized spacial score (nSPS) is 11.5. The molecule has 0 spiro atoms. The average Bonchev–Trinajstić information content (AvgIpc) is 2.68. The van der Waals surface area contributed by atoms with Gasteiger partial charge in [0.1, 0.15) is 4.90 Å². The van der Waals surface area contributed by atoms with Gasteiger partial charge in [0.05, 0.1) is 5.69 Å². The zero-order chi connectivity index (χ0) is 14.2. The van der Waals surface area contributed by atoms with E-state index in [1.807, 2.05) is 0 Å². The van der Waals surface area contributed by atoms with Gasteiger partial charge in [0.25, 0.3) is 10.0 Å². The SMILES string of the molecule is Cc1cnc(NS(=O)(=O)c2cc(Cl)cc(N)c2F)s1. The number of benzene rings is 1. The van der Waals surface area contributed by atoms with E-state index < -0.39 is 20.7 Å². The van der Waals surface area contributed by atoms with Crippen molar-refractivity contribution < 1.29 is 12.8 Å². The van der Waals surface area contributed by atoms with E-state index >= 15 is 0 Å². The number of nitrogen functional groups attached to an aromatic ring is 1. The summed E-state index contributed by atoms with van der Waals surface area (Å²) in [4.78, 5) is 4.06. The first-order valence-electron chi connectivity index (χ1n) is 4.99. The predicted molar refractivity (Wildman–Crippen MR) is 73.5 cm³/mol. The molecule has 2 rings (SSSR count). The van der Waals surface area contributed by atoms with Crippen LogP contribution in [-0.2, 0) is 10.0 Å². The van der Waals surface area contributed by atoms with Gasteiger partial charge >= 0.3 is 0 Å². The third-order valence-corrected chi connectivity index (χ3v) is 4.68. The van der Waals surface area contributed by atoms with Crippen LogP contribution in [0.1, 0.15) is 4.88 Å². The number of hydrogen-bond donors (Lipinski definition) is 2. The maximum atomic E-state index is 13.8. The van der Waals surface area contributed by atoms with Crippen molar-refractivity contribution in [1.82, 2.24) is 4.98 Å². The molecular weight excluding hydrogens is 313 g/mol. The summed E-state index contributed by atoms with van der Waals surface area (Å²) in [6.45, 7) is 1.77. The van der Waals surface area contributed by atoms with Crippen molar-refractivity contribution in [3.05, 3.63) is 34.0 Å². The van der Waals surface area contributed by atoms with Crippen LogP contribution < -0.4 is 10.5 Å². The van der Waals surface area contributed by atoms with E-state index in [1.165, 1.54) is 6.20 Å². The van der Waals surface area contributed by atoms with Crippen LogP contribution >= 0.6 is 22.9 Å². The van der Waals surface area contributed by atoms with Crippen LogP contribution in [0.4, 0.5) is 15.2 Å². The Bertz CT molecular complexity index is 730. The van der Waals surface area contributed by atoms with Crippen molar-refractivity contribution in [2.24, 2.45) is 0 Å². The molecule has 2 aromatic rings. The third-order valence-electron chi connectivity index (χ3n) is 2.16. The van der Waals surface area contributed by atoms with Gasteiger partial charge in [0.15, 0.2) is 10.9 Å². The molecule has 5 nitrogen and oxygen atoms in total. The largest absolute Gasteiger partial charge is 0.396 e. The maximum Gasteiger partial charge on any atom is 0.266 e. The molecule has 102 valence electrons. The Balaban J connectivity index is 2.45. The summed E-state index contributed by atoms with van der Waals surface area (Å²) in [5.74, 6) is -1.04. The van der Waals surface area contributed by atoms with Gasteiger partial charge in [0, 0.05) is 16.1 Å². The van der Waals surface area contributed by atoms with Crippen molar-refractivity contribution >= 4 is 43.8 Å². The zero-order valence-corrected chi connectivity index (χ0v) is 12.0. The number of anilines is 2. The number of thiazole rings is 1. The molecule has 3 N–H and O–H groups in total. The fourth-order valence-electron chi connectivity index (χ4n) is 1.35. The molecule has 1 aromatic carbocycles. The molecule has 9 heteroatoms. The van der Waals surface area contributed by atoms with Crippen molar-refractivity contribution in [2.45, 2.75) is 11.8 Å². The molecule has 0 unspecified atom stereocenters. The fourth-order valence-corrected chi connectivity index (χ4v) is 3.68. The minimum atomic E-state index is -4.12. The molecule has 0 atom stereocenters. The van der Waals surface area contributed by atoms with Crippen LogP contribution in [0.25, 0.3) is 0 Å². The highest BCUT2D eigenvalue weighted by Crippen LogP contribution is 2.27. The number of aromatic nitrogens is 1. The van der Waals surface area contributed by atoms with Gasteiger partial charge in [-0.25, -0.2) is 17.8 Å². The Hall–Kier alpha value is -1.38. The molecule has 0 saturated carbocycles. The highest BCUT2D eigenvalue weighted by molar-refractivity contribution is 7.93. The smallest absolute Gasteiger partial charge is 0.266 e. The summed E-state index contributed by atoms with van der Waals surface area (Å²) in [5, 5.41) is 0.185. The lowest BCUT2D eigenvalue weighted by molar-refractivity contribution is 0.573. The van der Waals surface area contributed by atoms with Crippen molar-refractivity contribution in [2.75, 3.05) is 10.5 Å². The number of hydrogen-bond acceptors (Lipinski definition) is 5. The molecular formula is C10H9ClFN3O2S2. The molecule has 0 saturated heterocycles. The minimum Gasteiger partial charge on any atom is -0.396 e. The van der Waals surface area contributed by atoms with E-state index in [-0.39, 0.29) is 15.8 Å². The van der Waals surface area contributed by atoms with Crippen LogP contribution in [-0.4, -0.2) is 13.4 Å². The minimum absolute atomic E-state index is 0.0367. The summed E-state index contributed by atoms with van der Waals surface area (Å²) in [7, 11) is -4.12. The number of sulfonamides is 1. The van der Waals surface area contributed by atoms with Crippen molar-refractivity contribution in [3.63, 3.8) is 0 Å². The monoisotopic (exact) mass is 321 g/mol. The van der Waals surface area contributed by atoms with Gasteiger partial charge in [-0.3, -0.25) is 4.72 Å². The van der Waals surface area contributed by atoms with E-state index in [9.17, 15) is 12.8 Å². The first-order valence-corrected chi connectivity index (χ1v) is 7.67. The average molecular weight is 322 g/mol. The second-order valence-corrected chi connectivity index (χ2v) is 7.01. The summed E-state index contributed by atoms with van der Waals surface area (Å²) in [5.41, 5.74) is 5.02. The van der Waals surface area contributed by atoms with Crippen molar-refractivity contribution in [3.8, 4) is 0 Å². The number of halogens is 2. The number of nitrogens with one attached hydrogen (secondary N) is 1. The summed E-state index contributed by atoms with van der Waals surface area (Å²) < 4.78 is 40.0. The number of nitrogens with two attached hydrogens (primary N) is 1. The van der Waals surface area contributed by atoms with Crippen LogP contribution in [0.15, 0.2) is 23.2 Å². The van der Waals surface area contributed by atoms with Crippen LogP contribution in [0.2, 0.25) is 5.02 Å². The van der Waals surface area contributed by atoms with Gasteiger partial charge in [-0.15, -0.1) is 11.3 Å². The highest BCUT2D eigenvalue weighted by atomic mass is 35.5. The summed E-state index contributed by atoms with van der Waals surface area (Å²) in [6.07, 6.45) is 1.51. The van der Waals surface area contributed by atoms with Crippen molar-refractivity contribution in [1.29, 1.82) is 0 Å². The fraction of sp³-hybridized carbons (Fsp3) is 0.100. The van der Waals surface area contributed by atoms with E-state index in [4.69, 9.17) is 17.3 Å². The second kappa shape index (κ2) is 4.95. The number of nitrogens with zero attached hydrogens (tertiary/aromatic N) is 1. The second-order valence-electron chi connectivity index (χ2n) is 3.69. The van der Waals surface area contributed by atoms with Gasteiger partial charge in [-0.2, -0.15) is 0 Å². The molecule has 1 heterocycles. The maximum absolute atomic E-state index is 13.8. The van der Waals surface area contributed by atoms with Gasteiger partial charge < -0.3 is 5.73 Å². The first-order chi connectivity index (χ1) is 8.79. The summed E-state index contributed by atoms with van der Waals surface area (Å²) >= 11 is 6.82. The lowest BCUT2D eigenvalue weighted by Gasteiger charge is -2.08. The molecule has 0 amide bonds. The molecule has 0 fully saturated rings. The Labute approximate surface area is 118 Å². The van der Waals surface area contributed by atoms with Gasteiger partial charge in [-0.05, 0) is 19.1 Å². The summed E-state index contributed by atoms with van der Waals surface area (Å²) in [6, 6.07) is 2.14.